The third kappa shape index (κ3) is 15.6. The summed E-state index contributed by atoms with van der Waals surface area (Å²) in [5, 5.41) is 3.16. The van der Waals surface area contributed by atoms with Gasteiger partial charge in [0.25, 0.3) is 0 Å². The molecule has 16 heavy (non-hydrogen) atoms. The lowest BCUT2D eigenvalue weighted by atomic mass is 10.2. The van der Waals surface area contributed by atoms with E-state index in [4.69, 9.17) is 4.74 Å². The van der Waals surface area contributed by atoms with Gasteiger partial charge in [0.2, 0.25) is 0 Å². The van der Waals surface area contributed by atoms with Crippen molar-refractivity contribution in [3.8, 4) is 0 Å². The van der Waals surface area contributed by atoms with Gasteiger partial charge >= 0.3 is 0 Å². The molecule has 1 aliphatic heterocycles. The maximum atomic E-state index is 5.01. The lowest BCUT2D eigenvalue weighted by molar-refractivity contribution is 0.109. The molecule has 0 aromatic rings. The van der Waals surface area contributed by atoms with Crippen molar-refractivity contribution in [3.05, 3.63) is 36.5 Å². The Labute approximate surface area is 101 Å². The number of nitrogens with one attached hydrogen (secondary N) is 1. The maximum Gasteiger partial charge on any atom is 0.0591 e. The van der Waals surface area contributed by atoms with E-state index in [1.807, 2.05) is 39.8 Å². The molecule has 0 saturated carbocycles. The molecule has 0 atom stereocenters. The van der Waals surface area contributed by atoms with Gasteiger partial charge in [-0.1, -0.05) is 50.3 Å². The van der Waals surface area contributed by atoms with Crippen molar-refractivity contribution in [1.29, 1.82) is 0 Å². The number of ether oxygens (including phenoxy) is 1. The van der Waals surface area contributed by atoms with E-state index in [9.17, 15) is 0 Å². The van der Waals surface area contributed by atoms with Gasteiger partial charge in [-0.05, 0) is 13.8 Å². The van der Waals surface area contributed by atoms with Crippen molar-refractivity contribution >= 4 is 0 Å². The monoisotopic (exact) mass is 225 g/mol. The Bertz CT molecular complexity index is 191. The van der Waals surface area contributed by atoms with Crippen LogP contribution in [0.3, 0.4) is 0 Å². The average Bonchev–Trinajstić information content (AvgIpc) is 2.34. The molecule has 1 heterocycles. The van der Waals surface area contributed by atoms with Crippen LogP contribution in [0.5, 0.6) is 0 Å². The van der Waals surface area contributed by atoms with Crippen LogP contribution >= 0.6 is 0 Å². The molecule has 0 aromatic heterocycles. The van der Waals surface area contributed by atoms with Crippen LogP contribution in [0, 0.1) is 0 Å². The van der Waals surface area contributed by atoms with Crippen LogP contribution in [-0.2, 0) is 4.74 Å². The summed E-state index contributed by atoms with van der Waals surface area (Å²) < 4.78 is 5.01. The highest BCUT2D eigenvalue weighted by Gasteiger charge is 1.92. The standard InChI is InChI=1S/C8H12.C4H9NO.C2H6/c1-5-8(4)6-7(2)3;1-3-6-4-2-5-1;1-2/h5-6H,1-2H2,3-4H3;5H,1-4H2;1-2H3/b8-6-;;. The van der Waals surface area contributed by atoms with Gasteiger partial charge in [0, 0.05) is 13.1 Å². The Kier molecular flexibility index (Phi) is 15.5. The minimum atomic E-state index is 0.889. The molecule has 0 amide bonds. The molecule has 2 heteroatoms. The van der Waals surface area contributed by atoms with E-state index in [0.29, 0.717) is 0 Å². The number of hydrogen-bond donors (Lipinski definition) is 1. The first-order valence-electron chi connectivity index (χ1n) is 5.91. The van der Waals surface area contributed by atoms with Gasteiger partial charge in [-0.2, -0.15) is 0 Å². The second-order valence-electron chi connectivity index (χ2n) is 3.30. The van der Waals surface area contributed by atoms with Crippen LogP contribution in [0.15, 0.2) is 36.5 Å². The number of morpholine rings is 1. The average molecular weight is 225 g/mol. The fourth-order valence-electron chi connectivity index (χ4n) is 0.963. The summed E-state index contributed by atoms with van der Waals surface area (Å²) in [6.07, 6.45) is 3.81. The van der Waals surface area contributed by atoms with Crippen LogP contribution in [0.4, 0.5) is 0 Å². The Morgan fingerprint density at radius 1 is 1.19 bits per heavy atom. The van der Waals surface area contributed by atoms with Crippen molar-refractivity contribution in [3.63, 3.8) is 0 Å². The highest BCUT2D eigenvalue weighted by molar-refractivity contribution is 5.23. The van der Waals surface area contributed by atoms with Crippen molar-refractivity contribution in [1.82, 2.24) is 5.32 Å². The number of hydrogen-bond acceptors (Lipinski definition) is 2. The van der Waals surface area contributed by atoms with Gasteiger partial charge in [-0.25, -0.2) is 0 Å². The second kappa shape index (κ2) is 14.1. The van der Waals surface area contributed by atoms with E-state index < -0.39 is 0 Å². The molecule has 94 valence electrons. The van der Waals surface area contributed by atoms with Crippen LogP contribution in [0.2, 0.25) is 0 Å². The van der Waals surface area contributed by atoms with Gasteiger partial charge in [-0.3, -0.25) is 0 Å². The van der Waals surface area contributed by atoms with Crippen molar-refractivity contribution in [2.24, 2.45) is 0 Å². The third-order valence-corrected chi connectivity index (χ3v) is 1.64. The summed E-state index contributed by atoms with van der Waals surface area (Å²) in [7, 11) is 0. The topological polar surface area (TPSA) is 21.3 Å². The first-order chi connectivity index (χ1) is 7.66. The molecule has 0 aliphatic carbocycles. The largest absolute Gasteiger partial charge is 0.379 e. The number of rotatable bonds is 2. The van der Waals surface area contributed by atoms with E-state index in [1.165, 1.54) is 0 Å². The molecule has 0 unspecified atom stereocenters. The summed E-state index contributed by atoms with van der Waals surface area (Å²) in [6.45, 7) is 19.1. The molecule has 0 aromatic carbocycles. The highest BCUT2D eigenvalue weighted by Crippen LogP contribution is 1.97. The maximum absolute atomic E-state index is 5.01. The molecular weight excluding hydrogens is 198 g/mol. The Morgan fingerprint density at radius 2 is 1.69 bits per heavy atom. The first-order valence-corrected chi connectivity index (χ1v) is 5.91. The number of allylic oxidation sites excluding steroid dienone is 4. The highest BCUT2D eigenvalue weighted by atomic mass is 16.5. The van der Waals surface area contributed by atoms with Crippen molar-refractivity contribution in [2.45, 2.75) is 27.7 Å². The van der Waals surface area contributed by atoms with Crippen molar-refractivity contribution < 1.29 is 4.74 Å². The fraction of sp³-hybridized carbons (Fsp3) is 0.571. The van der Waals surface area contributed by atoms with Gasteiger partial charge in [0.1, 0.15) is 0 Å². The lowest BCUT2D eigenvalue weighted by Gasteiger charge is -2.10. The smallest absolute Gasteiger partial charge is 0.0591 e. The van der Waals surface area contributed by atoms with Gasteiger partial charge in [0.05, 0.1) is 13.2 Å². The second-order valence-corrected chi connectivity index (χ2v) is 3.30. The SMILES string of the molecule is C1COCCN1.C=C/C(C)=C\C(=C)C.CC. The van der Waals surface area contributed by atoms with E-state index in [-0.39, 0.29) is 0 Å². The molecule has 1 saturated heterocycles. The predicted octanol–water partition coefficient (Wildman–Crippen LogP) is 3.33. The van der Waals surface area contributed by atoms with Crippen LogP contribution in [0.1, 0.15) is 27.7 Å². The van der Waals surface area contributed by atoms with E-state index in [0.717, 1.165) is 37.4 Å². The molecule has 1 N–H and O–H groups in total. The summed E-state index contributed by atoms with van der Waals surface area (Å²) in [5.74, 6) is 0. The minimum Gasteiger partial charge on any atom is -0.379 e. The normalized spacial score (nSPS) is 14.9. The lowest BCUT2D eigenvalue weighted by Crippen LogP contribution is -2.30. The molecular formula is C14H27NO. The Balaban J connectivity index is 0. The third-order valence-electron chi connectivity index (χ3n) is 1.64. The van der Waals surface area contributed by atoms with Gasteiger partial charge in [-0.15, -0.1) is 0 Å². The fourth-order valence-corrected chi connectivity index (χ4v) is 0.963. The minimum absolute atomic E-state index is 0.889. The summed E-state index contributed by atoms with van der Waals surface area (Å²) in [5.41, 5.74) is 2.24. The predicted molar refractivity (Wildman–Crippen MR) is 73.8 cm³/mol. The van der Waals surface area contributed by atoms with E-state index in [1.54, 1.807) is 0 Å². The zero-order chi connectivity index (χ0) is 12.8. The van der Waals surface area contributed by atoms with Gasteiger partial charge in [0.15, 0.2) is 0 Å². The summed E-state index contributed by atoms with van der Waals surface area (Å²) in [4.78, 5) is 0. The molecule has 0 spiro atoms. The molecule has 1 aliphatic rings. The zero-order valence-corrected chi connectivity index (χ0v) is 11.3. The summed E-state index contributed by atoms with van der Waals surface area (Å²) in [6, 6.07) is 0. The quantitative estimate of drug-likeness (QED) is 0.728. The van der Waals surface area contributed by atoms with E-state index >= 15 is 0 Å². The zero-order valence-electron chi connectivity index (χ0n) is 11.3. The first kappa shape index (κ1) is 17.5. The van der Waals surface area contributed by atoms with E-state index in [2.05, 4.69) is 18.5 Å². The van der Waals surface area contributed by atoms with Crippen LogP contribution in [0.25, 0.3) is 0 Å². The Morgan fingerprint density at radius 3 is 1.81 bits per heavy atom. The molecule has 1 fully saturated rings. The van der Waals surface area contributed by atoms with Gasteiger partial charge < -0.3 is 10.1 Å². The van der Waals surface area contributed by atoms with Crippen LogP contribution in [-0.4, -0.2) is 26.3 Å². The molecule has 2 nitrogen and oxygen atoms in total. The summed E-state index contributed by atoms with van der Waals surface area (Å²) >= 11 is 0. The Hall–Kier alpha value is -0.860. The van der Waals surface area contributed by atoms with Crippen molar-refractivity contribution in [2.75, 3.05) is 26.3 Å². The van der Waals surface area contributed by atoms with Crippen LogP contribution < -0.4 is 5.32 Å². The molecule has 0 bridgehead atoms. The molecule has 1 rings (SSSR count). The molecule has 0 radical (unpaired) electrons.